The Labute approximate surface area is 123 Å². The molecule has 0 radical (unpaired) electrons. The number of aryl methyl sites for hydroxylation is 3. The maximum atomic E-state index is 3.28. The highest BCUT2D eigenvalue weighted by Crippen LogP contribution is 2.34. The molecule has 106 valence electrons. The van der Waals surface area contributed by atoms with E-state index in [0.717, 1.165) is 6.54 Å². The molecule has 1 nitrogen and oxygen atoms in total. The van der Waals surface area contributed by atoms with Crippen molar-refractivity contribution in [2.45, 2.75) is 41.2 Å². The average molecular weight is 267 g/mol. The van der Waals surface area contributed by atoms with Crippen LogP contribution in [0.1, 0.15) is 33.4 Å². The maximum Gasteiger partial charge on any atom is 0.0208 e. The molecule has 0 saturated heterocycles. The van der Waals surface area contributed by atoms with Gasteiger partial charge >= 0.3 is 0 Å². The van der Waals surface area contributed by atoms with Crippen LogP contribution in [0.25, 0.3) is 11.1 Å². The van der Waals surface area contributed by atoms with Crippen LogP contribution in [0.5, 0.6) is 0 Å². The first-order valence-electron chi connectivity index (χ1n) is 7.27. The van der Waals surface area contributed by atoms with Gasteiger partial charge in [0.25, 0.3) is 0 Å². The Kier molecular flexibility index (Phi) is 4.29. The van der Waals surface area contributed by atoms with Gasteiger partial charge in [-0.15, -0.1) is 0 Å². The molecule has 0 heterocycles. The van der Waals surface area contributed by atoms with Crippen molar-refractivity contribution in [1.82, 2.24) is 5.32 Å². The normalized spacial score (nSPS) is 10.9. The molecular formula is C19H25N. The van der Waals surface area contributed by atoms with Crippen molar-refractivity contribution >= 4 is 0 Å². The summed E-state index contributed by atoms with van der Waals surface area (Å²) in [5.74, 6) is 0. The average Bonchev–Trinajstić information content (AvgIpc) is 2.40. The van der Waals surface area contributed by atoms with Crippen molar-refractivity contribution in [3.05, 3.63) is 57.6 Å². The Balaban J connectivity index is 2.77. The van der Waals surface area contributed by atoms with Crippen LogP contribution in [0.2, 0.25) is 0 Å². The first-order valence-corrected chi connectivity index (χ1v) is 7.27. The number of hydrogen-bond donors (Lipinski definition) is 1. The van der Waals surface area contributed by atoms with E-state index < -0.39 is 0 Å². The molecule has 2 aromatic rings. The van der Waals surface area contributed by atoms with E-state index in [1.54, 1.807) is 0 Å². The SMILES string of the molecule is CNCc1ccc(C)cc1-c1c(C)c(C)cc(C)c1C. The number of hydrogen-bond acceptors (Lipinski definition) is 1. The molecule has 0 aliphatic carbocycles. The summed E-state index contributed by atoms with van der Waals surface area (Å²) < 4.78 is 0. The first kappa shape index (κ1) is 14.8. The Morgan fingerprint density at radius 3 is 2.00 bits per heavy atom. The van der Waals surface area contributed by atoms with Gasteiger partial charge in [0.05, 0.1) is 0 Å². The third kappa shape index (κ3) is 2.64. The predicted molar refractivity (Wildman–Crippen MR) is 88.3 cm³/mol. The van der Waals surface area contributed by atoms with Crippen LogP contribution in [0, 0.1) is 34.6 Å². The lowest BCUT2D eigenvalue weighted by molar-refractivity contribution is 0.819. The van der Waals surface area contributed by atoms with E-state index in [1.165, 1.54) is 44.5 Å². The minimum atomic E-state index is 0.904. The third-order valence-electron chi connectivity index (χ3n) is 4.27. The van der Waals surface area contributed by atoms with Gasteiger partial charge in [0.2, 0.25) is 0 Å². The van der Waals surface area contributed by atoms with Crippen molar-refractivity contribution in [2.24, 2.45) is 0 Å². The fraction of sp³-hybridized carbons (Fsp3) is 0.368. The van der Waals surface area contributed by atoms with Gasteiger partial charge in [-0.3, -0.25) is 0 Å². The van der Waals surface area contributed by atoms with Gasteiger partial charge in [0, 0.05) is 6.54 Å². The fourth-order valence-corrected chi connectivity index (χ4v) is 2.89. The molecule has 0 aliphatic heterocycles. The zero-order valence-electron chi connectivity index (χ0n) is 13.5. The van der Waals surface area contributed by atoms with Crippen LogP contribution >= 0.6 is 0 Å². The van der Waals surface area contributed by atoms with E-state index in [4.69, 9.17) is 0 Å². The van der Waals surface area contributed by atoms with E-state index in [9.17, 15) is 0 Å². The number of benzene rings is 2. The molecule has 0 saturated carbocycles. The van der Waals surface area contributed by atoms with Crippen molar-refractivity contribution < 1.29 is 0 Å². The third-order valence-corrected chi connectivity index (χ3v) is 4.27. The lowest BCUT2D eigenvalue weighted by atomic mass is 9.87. The van der Waals surface area contributed by atoms with E-state index in [2.05, 4.69) is 64.2 Å². The molecule has 0 aliphatic rings. The van der Waals surface area contributed by atoms with Gasteiger partial charge < -0.3 is 5.32 Å². The summed E-state index contributed by atoms with van der Waals surface area (Å²) in [4.78, 5) is 0. The quantitative estimate of drug-likeness (QED) is 0.856. The molecule has 2 aromatic carbocycles. The molecular weight excluding hydrogens is 242 g/mol. The highest BCUT2D eigenvalue weighted by atomic mass is 14.8. The van der Waals surface area contributed by atoms with Crippen molar-refractivity contribution in [2.75, 3.05) is 7.05 Å². The second kappa shape index (κ2) is 5.80. The first-order chi connectivity index (χ1) is 9.45. The summed E-state index contributed by atoms with van der Waals surface area (Å²) in [5.41, 5.74) is 11.0. The monoisotopic (exact) mass is 267 g/mol. The number of rotatable bonds is 3. The summed E-state index contributed by atoms with van der Waals surface area (Å²) >= 11 is 0. The molecule has 0 fully saturated rings. The topological polar surface area (TPSA) is 12.0 Å². The van der Waals surface area contributed by atoms with Crippen molar-refractivity contribution in [3.8, 4) is 11.1 Å². The lowest BCUT2D eigenvalue weighted by Gasteiger charge is -2.19. The largest absolute Gasteiger partial charge is 0.316 e. The van der Waals surface area contributed by atoms with Gasteiger partial charge in [-0.05, 0) is 80.6 Å². The van der Waals surface area contributed by atoms with Crippen LogP contribution in [0.4, 0.5) is 0 Å². The Bertz CT molecular complexity index is 612. The van der Waals surface area contributed by atoms with Crippen molar-refractivity contribution in [1.29, 1.82) is 0 Å². The summed E-state index contributed by atoms with van der Waals surface area (Å²) in [7, 11) is 2.00. The summed E-state index contributed by atoms with van der Waals surface area (Å²) in [6.45, 7) is 12.0. The van der Waals surface area contributed by atoms with Crippen molar-refractivity contribution in [3.63, 3.8) is 0 Å². The molecule has 2 rings (SSSR count). The van der Waals surface area contributed by atoms with E-state index >= 15 is 0 Å². The molecule has 1 N–H and O–H groups in total. The second-order valence-electron chi connectivity index (χ2n) is 5.83. The maximum absolute atomic E-state index is 3.28. The number of nitrogens with one attached hydrogen (secondary N) is 1. The van der Waals surface area contributed by atoms with E-state index in [0.29, 0.717) is 0 Å². The molecule has 0 bridgehead atoms. The van der Waals surface area contributed by atoms with E-state index in [1.807, 2.05) is 7.05 Å². The van der Waals surface area contributed by atoms with Crippen LogP contribution in [0.15, 0.2) is 24.3 Å². The minimum Gasteiger partial charge on any atom is -0.316 e. The molecule has 20 heavy (non-hydrogen) atoms. The summed E-state index contributed by atoms with van der Waals surface area (Å²) in [6, 6.07) is 9.06. The predicted octanol–water partition coefficient (Wildman–Crippen LogP) is 4.62. The van der Waals surface area contributed by atoms with Gasteiger partial charge in [-0.2, -0.15) is 0 Å². The van der Waals surface area contributed by atoms with Crippen LogP contribution in [-0.2, 0) is 6.54 Å². The van der Waals surface area contributed by atoms with Crippen LogP contribution in [0.3, 0.4) is 0 Å². The zero-order chi connectivity index (χ0) is 14.9. The molecule has 0 atom stereocenters. The van der Waals surface area contributed by atoms with Crippen LogP contribution in [-0.4, -0.2) is 7.05 Å². The second-order valence-corrected chi connectivity index (χ2v) is 5.83. The Morgan fingerprint density at radius 2 is 1.45 bits per heavy atom. The Hall–Kier alpha value is -1.60. The van der Waals surface area contributed by atoms with Crippen LogP contribution < -0.4 is 5.32 Å². The Morgan fingerprint density at radius 1 is 0.850 bits per heavy atom. The zero-order valence-corrected chi connectivity index (χ0v) is 13.5. The highest BCUT2D eigenvalue weighted by molar-refractivity contribution is 5.76. The van der Waals surface area contributed by atoms with Gasteiger partial charge in [0.15, 0.2) is 0 Å². The minimum absolute atomic E-state index is 0.904. The molecule has 1 heteroatoms. The van der Waals surface area contributed by atoms with E-state index in [-0.39, 0.29) is 0 Å². The lowest BCUT2D eigenvalue weighted by Crippen LogP contribution is -2.07. The molecule has 0 amide bonds. The molecule has 0 aromatic heterocycles. The fourth-order valence-electron chi connectivity index (χ4n) is 2.89. The highest BCUT2D eigenvalue weighted by Gasteiger charge is 2.13. The summed E-state index contributed by atoms with van der Waals surface area (Å²) in [5, 5.41) is 3.28. The molecule has 0 unspecified atom stereocenters. The smallest absolute Gasteiger partial charge is 0.0208 e. The summed E-state index contributed by atoms with van der Waals surface area (Å²) in [6.07, 6.45) is 0. The van der Waals surface area contributed by atoms with Gasteiger partial charge in [-0.1, -0.05) is 29.8 Å². The standard InChI is InChI=1S/C19H25N/c1-12-7-8-17(11-20-6)18(9-12)19-15(4)13(2)10-14(3)16(19)5/h7-10,20H,11H2,1-6H3. The van der Waals surface area contributed by atoms with Gasteiger partial charge in [0.1, 0.15) is 0 Å². The molecule has 0 spiro atoms. The van der Waals surface area contributed by atoms with Gasteiger partial charge in [-0.25, -0.2) is 0 Å².